The summed E-state index contributed by atoms with van der Waals surface area (Å²) in [4.78, 5) is 49.3. The average Bonchev–Trinajstić information content (AvgIpc) is 3.26. The van der Waals surface area contributed by atoms with Crippen molar-refractivity contribution < 1.29 is 14.3 Å². The number of nitrogens with zero attached hydrogens (tertiary/aromatic N) is 4. The van der Waals surface area contributed by atoms with Gasteiger partial charge in [0.25, 0.3) is 5.56 Å². The maximum absolute atomic E-state index is 12.9. The Hall–Kier alpha value is -2.42. The molecule has 1 N–H and O–H groups in total. The summed E-state index contributed by atoms with van der Waals surface area (Å²) in [5.74, 6) is 0.281. The van der Waals surface area contributed by atoms with Gasteiger partial charge in [-0.2, -0.15) is 0 Å². The van der Waals surface area contributed by atoms with Gasteiger partial charge in [-0.3, -0.25) is 19.4 Å². The molecule has 1 aromatic heterocycles. The minimum atomic E-state index is -0.294. The van der Waals surface area contributed by atoms with Gasteiger partial charge in [-0.25, -0.2) is 4.98 Å². The van der Waals surface area contributed by atoms with E-state index in [1.807, 2.05) is 14.1 Å². The zero-order chi connectivity index (χ0) is 19.6. The van der Waals surface area contributed by atoms with E-state index >= 15 is 0 Å². The van der Waals surface area contributed by atoms with Crippen LogP contribution in [0.2, 0.25) is 0 Å². The van der Waals surface area contributed by atoms with Gasteiger partial charge >= 0.3 is 0 Å². The normalized spacial score (nSPS) is 22.6. The number of anilines is 1. The summed E-state index contributed by atoms with van der Waals surface area (Å²) in [6, 6.07) is 1.51. The lowest BCUT2D eigenvalue weighted by Crippen LogP contribution is -2.36. The first-order chi connectivity index (χ1) is 12.9. The molecule has 0 bridgehead atoms. The summed E-state index contributed by atoms with van der Waals surface area (Å²) in [6.07, 6.45) is 1.03. The monoisotopic (exact) mass is 377 g/mol. The van der Waals surface area contributed by atoms with E-state index in [-0.39, 0.29) is 35.6 Å². The number of carbonyl (C=O) groups is 2. The van der Waals surface area contributed by atoms with Crippen LogP contribution < -0.4 is 10.5 Å². The molecule has 3 heterocycles. The van der Waals surface area contributed by atoms with E-state index in [0.29, 0.717) is 44.4 Å². The van der Waals surface area contributed by atoms with Crippen LogP contribution in [0.1, 0.15) is 24.5 Å². The second-order valence-electron chi connectivity index (χ2n) is 7.39. The van der Waals surface area contributed by atoms with Crippen LogP contribution in [0, 0.1) is 5.92 Å². The van der Waals surface area contributed by atoms with Crippen molar-refractivity contribution in [2.45, 2.75) is 18.8 Å². The Morgan fingerprint density at radius 3 is 2.85 bits per heavy atom. The molecule has 0 aromatic carbocycles. The minimum Gasteiger partial charge on any atom is -0.383 e. The summed E-state index contributed by atoms with van der Waals surface area (Å²) < 4.78 is 5.02. The molecule has 2 aliphatic rings. The molecule has 2 amide bonds. The zero-order valence-electron chi connectivity index (χ0n) is 16.1. The molecule has 27 heavy (non-hydrogen) atoms. The third kappa shape index (κ3) is 4.29. The zero-order valence-corrected chi connectivity index (χ0v) is 16.1. The number of nitrogens with one attached hydrogen (secondary N) is 1. The van der Waals surface area contributed by atoms with Gasteiger partial charge in [-0.05, 0) is 6.42 Å². The number of H-pyrrole nitrogens is 1. The fraction of sp³-hybridized carbons (Fsp3) is 0.667. The summed E-state index contributed by atoms with van der Waals surface area (Å²) >= 11 is 0. The van der Waals surface area contributed by atoms with E-state index in [9.17, 15) is 14.4 Å². The molecule has 2 saturated heterocycles. The quantitative estimate of drug-likeness (QED) is 0.727. The van der Waals surface area contributed by atoms with Gasteiger partial charge in [0, 0.05) is 65.8 Å². The number of ether oxygens (including phenoxy) is 1. The maximum atomic E-state index is 12.9. The molecule has 148 valence electrons. The largest absolute Gasteiger partial charge is 0.383 e. The highest BCUT2D eigenvalue weighted by atomic mass is 16.5. The van der Waals surface area contributed by atoms with Crippen LogP contribution in [0.25, 0.3) is 0 Å². The molecule has 3 rings (SSSR count). The van der Waals surface area contributed by atoms with Crippen LogP contribution >= 0.6 is 0 Å². The Bertz CT molecular complexity index is 762. The molecule has 2 aliphatic heterocycles. The smallest absolute Gasteiger partial charge is 0.252 e. The van der Waals surface area contributed by atoms with Crippen LogP contribution in [0.5, 0.6) is 0 Å². The van der Waals surface area contributed by atoms with Crippen molar-refractivity contribution in [2.75, 3.05) is 58.9 Å². The highest BCUT2D eigenvalue weighted by Crippen LogP contribution is 2.29. The SMILES string of the molecule is COCCN1C[C@H](C(=O)N2CC[C@@H](c3cc(=O)[nH]c(N(C)C)n3)C2)CC1=O. The summed E-state index contributed by atoms with van der Waals surface area (Å²) in [7, 11) is 5.23. The molecule has 1 aromatic rings. The van der Waals surface area contributed by atoms with Crippen molar-refractivity contribution in [1.82, 2.24) is 19.8 Å². The molecule has 2 fully saturated rings. The number of carbonyl (C=O) groups excluding carboxylic acids is 2. The van der Waals surface area contributed by atoms with Crippen molar-refractivity contribution in [2.24, 2.45) is 5.92 Å². The van der Waals surface area contributed by atoms with Gasteiger partial charge in [-0.15, -0.1) is 0 Å². The van der Waals surface area contributed by atoms with Gasteiger partial charge in [0.05, 0.1) is 18.2 Å². The summed E-state index contributed by atoms with van der Waals surface area (Å²) in [5, 5.41) is 0. The van der Waals surface area contributed by atoms with E-state index in [4.69, 9.17) is 4.74 Å². The van der Waals surface area contributed by atoms with Gasteiger partial charge < -0.3 is 19.4 Å². The molecule has 0 unspecified atom stereocenters. The van der Waals surface area contributed by atoms with E-state index in [2.05, 4.69) is 9.97 Å². The number of likely N-dealkylation sites (tertiary alicyclic amines) is 2. The third-order valence-electron chi connectivity index (χ3n) is 5.22. The standard InChI is InChI=1S/C18H27N5O4/c1-21(2)18-19-14(9-15(24)20-18)12-4-5-23(10-12)17(26)13-8-16(25)22(11-13)6-7-27-3/h9,12-13H,4-8,10-11H2,1-3H3,(H,19,20,24)/t12-,13-/m1/s1. The van der Waals surface area contributed by atoms with Gasteiger partial charge in [-0.1, -0.05) is 0 Å². The molecule has 9 nitrogen and oxygen atoms in total. The predicted octanol–water partition coefficient (Wildman–Crippen LogP) is -0.353. The number of methoxy groups -OCH3 is 1. The van der Waals surface area contributed by atoms with E-state index < -0.39 is 0 Å². The van der Waals surface area contributed by atoms with Crippen LogP contribution in [0.3, 0.4) is 0 Å². The van der Waals surface area contributed by atoms with Gasteiger partial charge in [0.2, 0.25) is 17.8 Å². The van der Waals surface area contributed by atoms with Crippen LogP contribution in [-0.2, 0) is 14.3 Å². The lowest BCUT2D eigenvalue weighted by atomic mass is 10.0. The number of aromatic nitrogens is 2. The van der Waals surface area contributed by atoms with Crippen molar-refractivity contribution in [3.05, 3.63) is 22.1 Å². The number of hydrogen-bond donors (Lipinski definition) is 1. The van der Waals surface area contributed by atoms with E-state index in [1.165, 1.54) is 6.07 Å². The fourth-order valence-electron chi connectivity index (χ4n) is 3.70. The molecule has 0 saturated carbocycles. The maximum Gasteiger partial charge on any atom is 0.252 e. The first-order valence-corrected chi connectivity index (χ1v) is 9.23. The Morgan fingerprint density at radius 1 is 1.37 bits per heavy atom. The molecule has 9 heteroatoms. The predicted molar refractivity (Wildman–Crippen MR) is 99.7 cm³/mol. The van der Waals surface area contributed by atoms with E-state index in [1.54, 1.807) is 21.8 Å². The Labute approximate surface area is 158 Å². The number of aromatic amines is 1. The van der Waals surface area contributed by atoms with Gasteiger partial charge in [0.15, 0.2) is 0 Å². The van der Waals surface area contributed by atoms with Crippen molar-refractivity contribution in [1.29, 1.82) is 0 Å². The number of hydrogen-bond acceptors (Lipinski definition) is 6. The Morgan fingerprint density at radius 2 is 2.15 bits per heavy atom. The molecular weight excluding hydrogens is 350 g/mol. The second-order valence-corrected chi connectivity index (χ2v) is 7.39. The van der Waals surface area contributed by atoms with Gasteiger partial charge in [0.1, 0.15) is 0 Å². The molecule has 2 atom stereocenters. The average molecular weight is 377 g/mol. The fourth-order valence-corrected chi connectivity index (χ4v) is 3.70. The Balaban J connectivity index is 1.64. The molecule has 0 aliphatic carbocycles. The van der Waals surface area contributed by atoms with Crippen LogP contribution in [0.15, 0.2) is 10.9 Å². The first-order valence-electron chi connectivity index (χ1n) is 9.23. The molecular formula is C18H27N5O4. The molecule has 0 spiro atoms. The summed E-state index contributed by atoms with van der Waals surface area (Å²) in [6.45, 7) is 2.60. The lowest BCUT2D eigenvalue weighted by Gasteiger charge is -2.21. The highest BCUT2D eigenvalue weighted by molar-refractivity contribution is 5.89. The van der Waals surface area contributed by atoms with Crippen LogP contribution in [-0.4, -0.2) is 85.6 Å². The topological polar surface area (TPSA) is 98.8 Å². The van der Waals surface area contributed by atoms with Crippen LogP contribution in [0.4, 0.5) is 5.95 Å². The van der Waals surface area contributed by atoms with E-state index in [0.717, 1.165) is 6.42 Å². The minimum absolute atomic E-state index is 0.00744. The number of rotatable bonds is 6. The first kappa shape index (κ1) is 19.3. The van der Waals surface area contributed by atoms with Crippen molar-refractivity contribution in [3.63, 3.8) is 0 Å². The highest BCUT2D eigenvalue weighted by Gasteiger charge is 2.38. The molecule has 0 radical (unpaired) electrons. The lowest BCUT2D eigenvalue weighted by molar-refractivity contribution is -0.134. The summed E-state index contributed by atoms with van der Waals surface area (Å²) in [5.41, 5.74) is 0.519. The second kappa shape index (κ2) is 8.08. The van der Waals surface area contributed by atoms with Crippen molar-refractivity contribution >= 4 is 17.8 Å². The Kier molecular flexibility index (Phi) is 5.79. The third-order valence-corrected chi connectivity index (χ3v) is 5.22. The number of amides is 2. The van der Waals surface area contributed by atoms with Crippen molar-refractivity contribution in [3.8, 4) is 0 Å².